The lowest BCUT2D eigenvalue weighted by atomic mass is 10.1. The number of halogens is 3. The van der Waals surface area contributed by atoms with Crippen LogP contribution in [0.15, 0.2) is 41.3 Å². The minimum absolute atomic E-state index is 0.204. The van der Waals surface area contributed by atoms with Crippen molar-refractivity contribution < 1.29 is 21.6 Å². The van der Waals surface area contributed by atoms with E-state index in [4.69, 9.17) is 0 Å². The van der Waals surface area contributed by atoms with Crippen LogP contribution in [0.25, 0.3) is 0 Å². The van der Waals surface area contributed by atoms with Crippen molar-refractivity contribution in [1.82, 2.24) is 10.2 Å². The summed E-state index contributed by atoms with van der Waals surface area (Å²) >= 11 is 0. The molecule has 130 valence electrons. The molecule has 1 atom stereocenters. The van der Waals surface area contributed by atoms with Crippen LogP contribution < -0.4 is 4.90 Å². The van der Waals surface area contributed by atoms with Crippen molar-refractivity contribution in [2.75, 3.05) is 18.2 Å². The average molecular weight is 359 g/mol. The van der Waals surface area contributed by atoms with Crippen molar-refractivity contribution in [3.05, 3.63) is 47.7 Å². The summed E-state index contributed by atoms with van der Waals surface area (Å²) in [5.74, 6) is 0.280. The van der Waals surface area contributed by atoms with E-state index in [1.807, 2.05) is 6.92 Å². The molecule has 2 rings (SSSR count). The minimum Gasteiger partial charge on any atom is -0.351 e. The molecule has 9 heteroatoms. The van der Waals surface area contributed by atoms with Gasteiger partial charge in [-0.15, -0.1) is 10.2 Å². The fourth-order valence-corrected chi connectivity index (χ4v) is 2.71. The number of hydrogen-bond acceptors (Lipinski definition) is 5. The number of hydrogen-bond donors (Lipinski definition) is 0. The normalized spacial score (nSPS) is 13.6. The summed E-state index contributed by atoms with van der Waals surface area (Å²) in [5.41, 5.74) is -0.253. The van der Waals surface area contributed by atoms with E-state index in [1.165, 1.54) is 18.2 Å². The SMILES string of the molecule is CC(c1ccc(S(C)(=O)=O)cc1)N(C)c1ccc(C(F)(F)F)nn1. The number of nitrogens with zero attached hydrogens (tertiary/aromatic N) is 3. The maximum absolute atomic E-state index is 12.5. The number of benzene rings is 1. The number of aromatic nitrogens is 2. The quantitative estimate of drug-likeness (QED) is 0.839. The molecule has 0 amide bonds. The standard InChI is InChI=1S/C15H16F3N3O2S/c1-10(11-4-6-12(7-5-11)24(3,22)23)21(2)14-9-8-13(19-20-14)15(16,17)18/h4-10H,1-3H3. The van der Waals surface area contributed by atoms with E-state index in [2.05, 4.69) is 10.2 Å². The largest absolute Gasteiger partial charge is 0.435 e. The van der Waals surface area contributed by atoms with Gasteiger partial charge in [0.1, 0.15) is 0 Å². The Kier molecular flexibility index (Phi) is 4.84. The van der Waals surface area contributed by atoms with Crippen LogP contribution in [0.2, 0.25) is 0 Å². The van der Waals surface area contributed by atoms with Crippen molar-refractivity contribution in [3.8, 4) is 0 Å². The second-order valence-electron chi connectivity index (χ2n) is 5.40. The topological polar surface area (TPSA) is 63.2 Å². The first kappa shape index (κ1) is 18.2. The molecule has 1 unspecified atom stereocenters. The molecule has 5 nitrogen and oxygen atoms in total. The van der Waals surface area contributed by atoms with E-state index in [1.54, 1.807) is 24.1 Å². The summed E-state index contributed by atoms with van der Waals surface area (Å²) in [7, 11) is -1.61. The molecule has 0 aliphatic carbocycles. The van der Waals surface area contributed by atoms with Crippen LogP contribution in [0.3, 0.4) is 0 Å². The van der Waals surface area contributed by atoms with E-state index in [-0.39, 0.29) is 16.8 Å². The molecule has 0 fully saturated rings. The highest BCUT2D eigenvalue weighted by Crippen LogP contribution is 2.29. The van der Waals surface area contributed by atoms with Gasteiger partial charge in [0.15, 0.2) is 21.3 Å². The van der Waals surface area contributed by atoms with Crippen molar-refractivity contribution >= 4 is 15.7 Å². The second kappa shape index (κ2) is 6.39. The Morgan fingerprint density at radius 3 is 2.04 bits per heavy atom. The molecule has 0 aliphatic heterocycles. The molecule has 1 aromatic carbocycles. The maximum atomic E-state index is 12.5. The Labute approximate surface area is 138 Å². The van der Waals surface area contributed by atoms with Gasteiger partial charge in [-0.25, -0.2) is 8.42 Å². The van der Waals surface area contributed by atoms with E-state index in [0.29, 0.717) is 0 Å². The van der Waals surface area contributed by atoms with Gasteiger partial charge < -0.3 is 4.90 Å². The number of sulfone groups is 1. The Bertz CT molecular complexity index is 803. The Hall–Kier alpha value is -2.16. The van der Waals surface area contributed by atoms with Crippen molar-refractivity contribution in [2.45, 2.75) is 24.0 Å². The lowest BCUT2D eigenvalue weighted by Gasteiger charge is -2.26. The van der Waals surface area contributed by atoms with E-state index in [0.717, 1.165) is 17.9 Å². The first-order valence-electron chi connectivity index (χ1n) is 6.94. The van der Waals surface area contributed by atoms with Crippen LogP contribution in [-0.2, 0) is 16.0 Å². The summed E-state index contributed by atoms with van der Waals surface area (Å²) in [4.78, 5) is 1.86. The summed E-state index contributed by atoms with van der Waals surface area (Å²) < 4.78 is 60.5. The van der Waals surface area contributed by atoms with Crippen molar-refractivity contribution in [3.63, 3.8) is 0 Å². The molecule has 2 aromatic rings. The van der Waals surface area contributed by atoms with Gasteiger partial charge >= 0.3 is 6.18 Å². The number of rotatable bonds is 4. The van der Waals surface area contributed by atoms with Crippen LogP contribution in [0.4, 0.5) is 19.0 Å². The molecular formula is C15H16F3N3O2S. The molecule has 0 aliphatic rings. The average Bonchev–Trinajstić information content (AvgIpc) is 2.52. The number of anilines is 1. The van der Waals surface area contributed by atoms with Crippen LogP contribution >= 0.6 is 0 Å². The third-order valence-electron chi connectivity index (χ3n) is 3.67. The van der Waals surface area contributed by atoms with Crippen LogP contribution in [0.5, 0.6) is 0 Å². The molecule has 0 saturated carbocycles. The van der Waals surface area contributed by atoms with Crippen LogP contribution in [0, 0.1) is 0 Å². The summed E-state index contributed by atoms with van der Waals surface area (Å²) in [6, 6.07) is 8.20. The van der Waals surface area contributed by atoms with Gasteiger partial charge in [0, 0.05) is 13.3 Å². The van der Waals surface area contributed by atoms with E-state index in [9.17, 15) is 21.6 Å². The molecule has 0 bridgehead atoms. The fraction of sp³-hybridized carbons (Fsp3) is 0.333. The first-order valence-corrected chi connectivity index (χ1v) is 8.83. The van der Waals surface area contributed by atoms with Gasteiger partial charge in [-0.1, -0.05) is 12.1 Å². The molecule has 1 aromatic heterocycles. The fourth-order valence-electron chi connectivity index (χ4n) is 2.08. The zero-order chi connectivity index (χ0) is 18.1. The molecule has 0 N–H and O–H groups in total. The summed E-state index contributed by atoms with van der Waals surface area (Å²) in [6.07, 6.45) is -3.41. The third kappa shape index (κ3) is 4.02. The minimum atomic E-state index is -4.53. The van der Waals surface area contributed by atoms with Crippen molar-refractivity contribution in [1.29, 1.82) is 0 Å². The Morgan fingerprint density at radius 2 is 1.62 bits per heavy atom. The van der Waals surface area contributed by atoms with Gasteiger partial charge in [0.05, 0.1) is 10.9 Å². The Morgan fingerprint density at radius 1 is 1.04 bits per heavy atom. The van der Waals surface area contributed by atoms with Gasteiger partial charge in [-0.05, 0) is 36.8 Å². The first-order chi connectivity index (χ1) is 11.0. The lowest BCUT2D eigenvalue weighted by molar-refractivity contribution is -0.141. The van der Waals surface area contributed by atoms with Crippen LogP contribution in [-0.4, -0.2) is 31.9 Å². The van der Waals surface area contributed by atoms with Gasteiger partial charge in [0.2, 0.25) is 0 Å². The second-order valence-corrected chi connectivity index (χ2v) is 7.42. The highest BCUT2D eigenvalue weighted by molar-refractivity contribution is 7.90. The van der Waals surface area contributed by atoms with Crippen LogP contribution in [0.1, 0.15) is 24.2 Å². The number of alkyl halides is 3. The maximum Gasteiger partial charge on any atom is 0.435 e. The van der Waals surface area contributed by atoms with Gasteiger partial charge in [-0.2, -0.15) is 13.2 Å². The molecule has 0 radical (unpaired) electrons. The molecule has 0 spiro atoms. The zero-order valence-electron chi connectivity index (χ0n) is 13.2. The Balaban J connectivity index is 2.21. The third-order valence-corrected chi connectivity index (χ3v) is 4.80. The molecule has 0 saturated heterocycles. The van der Waals surface area contributed by atoms with E-state index >= 15 is 0 Å². The summed E-state index contributed by atoms with van der Waals surface area (Å²) in [5, 5.41) is 6.81. The molecular weight excluding hydrogens is 343 g/mol. The smallest absolute Gasteiger partial charge is 0.351 e. The van der Waals surface area contributed by atoms with E-state index < -0.39 is 21.7 Å². The molecule has 24 heavy (non-hydrogen) atoms. The predicted molar refractivity (Wildman–Crippen MR) is 83.4 cm³/mol. The highest BCUT2D eigenvalue weighted by Gasteiger charge is 2.33. The zero-order valence-corrected chi connectivity index (χ0v) is 14.1. The monoisotopic (exact) mass is 359 g/mol. The van der Waals surface area contributed by atoms with Crippen molar-refractivity contribution in [2.24, 2.45) is 0 Å². The molecule has 1 heterocycles. The summed E-state index contributed by atoms with van der Waals surface area (Å²) in [6.45, 7) is 1.83. The predicted octanol–water partition coefficient (Wildman–Crippen LogP) is 3.10. The highest BCUT2D eigenvalue weighted by atomic mass is 32.2. The van der Waals surface area contributed by atoms with Gasteiger partial charge in [0.25, 0.3) is 0 Å². The van der Waals surface area contributed by atoms with Gasteiger partial charge in [-0.3, -0.25) is 0 Å². The lowest BCUT2D eigenvalue weighted by Crippen LogP contribution is -2.23.